The van der Waals surface area contributed by atoms with Crippen molar-refractivity contribution in [3.05, 3.63) is 47.5 Å². The van der Waals surface area contributed by atoms with Gasteiger partial charge in [0.05, 0.1) is 0 Å². The monoisotopic (exact) mass is 404 g/mol. The molecule has 2 aliphatic carbocycles. The van der Waals surface area contributed by atoms with Crippen LogP contribution in [0.25, 0.3) is 0 Å². The SMILES string of the molecule is CCCCC[C@H]1CC[C@H](c2ccc(C#C/C=C/[C@H]3CC[C@H](CCC)CC3)cc2)CC1. The fourth-order valence-electron chi connectivity index (χ4n) is 5.69. The molecule has 0 nitrogen and oxygen atoms in total. The predicted molar refractivity (Wildman–Crippen MR) is 132 cm³/mol. The van der Waals surface area contributed by atoms with Crippen LogP contribution in [-0.4, -0.2) is 0 Å². The van der Waals surface area contributed by atoms with E-state index in [2.05, 4.69) is 62.1 Å². The molecule has 164 valence electrons. The van der Waals surface area contributed by atoms with E-state index in [0.717, 1.165) is 29.2 Å². The molecule has 0 amide bonds. The Bertz CT molecular complexity index is 667. The molecule has 0 aliphatic heterocycles. The standard InChI is InChI=1S/C30H44/c1-3-5-6-10-27-17-21-29(22-18-27)30-23-19-28(20-24-30)12-8-7-11-26-15-13-25(9-4-2)14-16-26/h7,11,19-20,23-27,29H,3-6,9-10,13-18,21-22H2,1-2H3/b11-7+/t25-,26-,27-,29-. The summed E-state index contributed by atoms with van der Waals surface area (Å²) in [5.41, 5.74) is 2.69. The summed E-state index contributed by atoms with van der Waals surface area (Å²) in [5, 5.41) is 0. The number of unbranched alkanes of at least 4 members (excludes halogenated alkanes) is 2. The number of benzene rings is 1. The Morgan fingerprint density at radius 1 is 0.767 bits per heavy atom. The molecule has 0 atom stereocenters. The second-order valence-corrected chi connectivity index (χ2v) is 10.0. The number of hydrogen-bond donors (Lipinski definition) is 0. The average molecular weight is 405 g/mol. The summed E-state index contributed by atoms with van der Waals surface area (Å²) in [6, 6.07) is 9.15. The van der Waals surface area contributed by atoms with E-state index >= 15 is 0 Å². The molecule has 30 heavy (non-hydrogen) atoms. The van der Waals surface area contributed by atoms with E-state index in [9.17, 15) is 0 Å². The molecular weight excluding hydrogens is 360 g/mol. The normalized spacial score (nSPS) is 27.0. The van der Waals surface area contributed by atoms with Crippen molar-refractivity contribution in [3.8, 4) is 11.8 Å². The quantitative estimate of drug-likeness (QED) is 0.299. The first-order chi connectivity index (χ1) is 14.8. The molecule has 0 bridgehead atoms. The lowest BCUT2D eigenvalue weighted by Crippen LogP contribution is -2.13. The summed E-state index contributed by atoms with van der Waals surface area (Å²) in [6.07, 6.45) is 24.1. The summed E-state index contributed by atoms with van der Waals surface area (Å²) >= 11 is 0. The lowest BCUT2D eigenvalue weighted by atomic mass is 9.77. The maximum atomic E-state index is 3.34. The Morgan fingerprint density at radius 2 is 1.43 bits per heavy atom. The van der Waals surface area contributed by atoms with Gasteiger partial charge in [0.2, 0.25) is 0 Å². The minimum absolute atomic E-state index is 0.756. The van der Waals surface area contributed by atoms with E-state index < -0.39 is 0 Å². The van der Waals surface area contributed by atoms with Crippen molar-refractivity contribution in [2.45, 2.75) is 110 Å². The van der Waals surface area contributed by atoms with Gasteiger partial charge in [-0.1, -0.05) is 82.4 Å². The van der Waals surface area contributed by atoms with Crippen LogP contribution in [0.1, 0.15) is 121 Å². The molecule has 3 rings (SSSR count). The van der Waals surface area contributed by atoms with E-state index in [0.29, 0.717) is 0 Å². The van der Waals surface area contributed by atoms with Gasteiger partial charge >= 0.3 is 0 Å². The summed E-state index contributed by atoms with van der Waals surface area (Å²) < 4.78 is 0. The molecule has 0 saturated heterocycles. The maximum absolute atomic E-state index is 3.34. The molecule has 1 aromatic rings. The first kappa shape index (κ1) is 23.2. The predicted octanol–water partition coefficient (Wildman–Crippen LogP) is 9.05. The van der Waals surface area contributed by atoms with Crippen LogP contribution in [0.3, 0.4) is 0 Å². The fourth-order valence-corrected chi connectivity index (χ4v) is 5.69. The van der Waals surface area contributed by atoms with Crippen molar-refractivity contribution in [3.63, 3.8) is 0 Å². The molecule has 0 aromatic heterocycles. The van der Waals surface area contributed by atoms with Gasteiger partial charge in [0.15, 0.2) is 0 Å². The summed E-state index contributed by atoms with van der Waals surface area (Å²) in [4.78, 5) is 0. The molecule has 0 N–H and O–H groups in total. The Hall–Kier alpha value is -1.48. The van der Waals surface area contributed by atoms with Crippen LogP contribution in [0, 0.1) is 29.6 Å². The van der Waals surface area contributed by atoms with Crippen molar-refractivity contribution in [2.24, 2.45) is 17.8 Å². The largest absolute Gasteiger partial charge is 0.0730 e. The van der Waals surface area contributed by atoms with Gasteiger partial charge in [0.1, 0.15) is 0 Å². The number of allylic oxidation sites excluding steroid dienone is 2. The zero-order valence-corrected chi connectivity index (χ0v) is 19.7. The minimum Gasteiger partial charge on any atom is -0.0730 e. The molecule has 2 aliphatic rings. The Balaban J connectivity index is 1.40. The van der Waals surface area contributed by atoms with E-state index in [-0.39, 0.29) is 0 Å². The second-order valence-electron chi connectivity index (χ2n) is 10.0. The third-order valence-corrected chi connectivity index (χ3v) is 7.70. The molecule has 2 fully saturated rings. The van der Waals surface area contributed by atoms with Crippen LogP contribution in [0.4, 0.5) is 0 Å². The van der Waals surface area contributed by atoms with Gasteiger partial charge in [-0.2, -0.15) is 0 Å². The molecule has 1 aromatic carbocycles. The molecule has 2 saturated carbocycles. The van der Waals surface area contributed by atoms with Crippen LogP contribution in [0.5, 0.6) is 0 Å². The Labute approximate surface area is 186 Å². The van der Waals surface area contributed by atoms with Crippen molar-refractivity contribution < 1.29 is 0 Å². The fraction of sp³-hybridized carbons (Fsp3) is 0.667. The Morgan fingerprint density at radius 3 is 2.10 bits per heavy atom. The van der Waals surface area contributed by atoms with E-state index in [1.54, 1.807) is 0 Å². The van der Waals surface area contributed by atoms with Gasteiger partial charge in [-0.15, -0.1) is 0 Å². The first-order valence-electron chi connectivity index (χ1n) is 13.1. The van der Waals surface area contributed by atoms with Gasteiger partial charge < -0.3 is 0 Å². The van der Waals surface area contributed by atoms with Crippen molar-refractivity contribution in [1.82, 2.24) is 0 Å². The lowest BCUT2D eigenvalue weighted by molar-refractivity contribution is 0.294. The van der Waals surface area contributed by atoms with Crippen LogP contribution in [0.2, 0.25) is 0 Å². The third-order valence-electron chi connectivity index (χ3n) is 7.70. The molecule has 0 unspecified atom stereocenters. The van der Waals surface area contributed by atoms with E-state index in [1.165, 1.54) is 95.5 Å². The van der Waals surface area contributed by atoms with Crippen LogP contribution in [-0.2, 0) is 0 Å². The highest BCUT2D eigenvalue weighted by atomic mass is 14.3. The summed E-state index contributed by atoms with van der Waals surface area (Å²) in [7, 11) is 0. The Kier molecular flexibility index (Phi) is 10.1. The van der Waals surface area contributed by atoms with Crippen LogP contribution < -0.4 is 0 Å². The maximum Gasteiger partial charge on any atom is 0.0249 e. The molecule has 0 spiro atoms. The zero-order valence-electron chi connectivity index (χ0n) is 19.7. The number of hydrogen-bond acceptors (Lipinski definition) is 0. The van der Waals surface area contributed by atoms with Crippen molar-refractivity contribution >= 4 is 0 Å². The highest BCUT2D eigenvalue weighted by Crippen LogP contribution is 2.37. The van der Waals surface area contributed by atoms with Crippen molar-refractivity contribution in [1.29, 1.82) is 0 Å². The van der Waals surface area contributed by atoms with Gasteiger partial charge in [0.25, 0.3) is 0 Å². The smallest absolute Gasteiger partial charge is 0.0249 e. The molecule has 0 heteroatoms. The zero-order chi connectivity index (χ0) is 21.0. The lowest BCUT2D eigenvalue weighted by Gasteiger charge is -2.29. The molecular formula is C30H44. The highest BCUT2D eigenvalue weighted by Gasteiger charge is 2.22. The van der Waals surface area contributed by atoms with Gasteiger partial charge in [-0.3, -0.25) is 0 Å². The van der Waals surface area contributed by atoms with Crippen LogP contribution in [0.15, 0.2) is 36.4 Å². The first-order valence-corrected chi connectivity index (χ1v) is 13.1. The van der Waals surface area contributed by atoms with Gasteiger partial charge in [-0.25, -0.2) is 0 Å². The second kappa shape index (κ2) is 13.0. The molecule has 0 heterocycles. The van der Waals surface area contributed by atoms with Gasteiger partial charge in [0, 0.05) is 5.56 Å². The topological polar surface area (TPSA) is 0 Å². The highest BCUT2D eigenvalue weighted by molar-refractivity contribution is 5.39. The number of rotatable bonds is 8. The van der Waals surface area contributed by atoms with E-state index in [1.807, 2.05) is 0 Å². The van der Waals surface area contributed by atoms with E-state index in [4.69, 9.17) is 0 Å². The van der Waals surface area contributed by atoms with Gasteiger partial charge in [-0.05, 0) is 98.8 Å². The van der Waals surface area contributed by atoms with Crippen molar-refractivity contribution in [2.75, 3.05) is 0 Å². The minimum atomic E-state index is 0.756. The van der Waals surface area contributed by atoms with Crippen LogP contribution >= 0.6 is 0 Å². The summed E-state index contributed by atoms with van der Waals surface area (Å²) in [5.74, 6) is 10.1. The average Bonchev–Trinajstić information content (AvgIpc) is 2.79. The third kappa shape index (κ3) is 7.65. The summed E-state index contributed by atoms with van der Waals surface area (Å²) in [6.45, 7) is 4.62. The molecule has 0 radical (unpaired) electrons.